The van der Waals surface area contributed by atoms with Crippen LogP contribution in [0, 0.1) is 0 Å². The highest BCUT2D eigenvalue weighted by Crippen LogP contribution is 2.27. The molecule has 0 aromatic heterocycles. The van der Waals surface area contributed by atoms with E-state index in [1.165, 1.54) is 0 Å². The highest BCUT2D eigenvalue weighted by atomic mass is 16.5. The molecule has 3 aromatic carbocycles. The molecule has 0 fully saturated rings. The zero-order valence-electron chi connectivity index (χ0n) is 15.8. The molecule has 0 unspecified atom stereocenters. The first-order chi connectivity index (χ1) is 13.7. The Kier molecular flexibility index (Phi) is 6.41. The molecule has 1 N–H and O–H groups in total. The number of benzene rings is 3. The predicted molar refractivity (Wildman–Crippen MR) is 110 cm³/mol. The van der Waals surface area contributed by atoms with Gasteiger partial charge in [0.25, 0.3) is 5.91 Å². The number of nitrogens with one attached hydrogen (secondary N) is 1. The summed E-state index contributed by atoms with van der Waals surface area (Å²) < 4.78 is 10.5. The van der Waals surface area contributed by atoms with Crippen molar-refractivity contribution in [3.05, 3.63) is 95.6 Å². The molecule has 0 aliphatic carbocycles. The van der Waals surface area contributed by atoms with E-state index in [-0.39, 0.29) is 5.91 Å². The van der Waals surface area contributed by atoms with Gasteiger partial charge in [-0.1, -0.05) is 60.7 Å². The lowest BCUT2D eigenvalue weighted by molar-refractivity contribution is -0.121. The summed E-state index contributed by atoms with van der Waals surface area (Å²) in [6.07, 6.45) is 1.58. The minimum atomic E-state index is -0.440. The number of hydrazone groups is 1. The zero-order chi connectivity index (χ0) is 19.8. The van der Waals surface area contributed by atoms with Crippen molar-refractivity contribution in [1.82, 2.24) is 5.43 Å². The summed E-state index contributed by atoms with van der Waals surface area (Å²) in [5, 5.41) is 4.12. The topological polar surface area (TPSA) is 59.9 Å². The summed E-state index contributed by atoms with van der Waals surface area (Å²) in [5.41, 5.74) is 5.26. The number of hydrogen-bond acceptors (Lipinski definition) is 4. The number of carbonyl (C=O) groups excluding carboxylic acids is 1. The van der Waals surface area contributed by atoms with Crippen LogP contribution in [0.1, 0.15) is 22.6 Å². The summed E-state index contributed by atoms with van der Waals surface area (Å²) in [7, 11) is 3.16. The zero-order valence-corrected chi connectivity index (χ0v) is 15.8. The van der Waals surface area contributed by atoms with Crippen LogP contribution in [-0.2, 0) is 4.79 Å². The number of hydrogen-bond donors (Lipinski definition) is 1. The van der Waals surface area contributed by atoms with Gasteiger partial charge in [-0.05, 0) is 34.9 Å². The molecular weight excluding hydrogens is 352 g/mol. The molecule has 3 aromatic rings. The molecule has 5 heteroatoms. The maximum atomic E-state index is 12.9. The Morgan fingerprint density at radius 3 is 1.96 bits per heavy atom. The van der Waals surface area contributed by atoms with E-state index in [2.05, 4.69) is 10.5 Å². The van der Waals surface area contributed by atoms with Gasteiger partial charge in [0.1, 0.15) is 0 Å². The number of methoxy groups -OCH3 is 2. The fourth-order valence-electron chi connectivity index (χ4n) is 2.95. The molecule has 0 radical (unpaired) electrons. The van der Waals surface area contributed by atoms with Gasteiger partial charge in [-0.15, -0.1) is 0 Å². The van der Waals surface area contributed by atoms with E-state index in [1.54, 1.807) is 32.6 Å². The average Bonchev–Trinajstić information content (AvgIpc) is 2.75. The monoisotopic (exact) mass is 374 g/mol. The van der Waals surface area contributed by atoms with Crippen molar-refractivity contribution in [3.63, 3.8) is 0 Å². The highest BCUT2D eigenvalue weighted by Gasteiger charge is 2.22. The van der Waals surface area contributed by atoms with Gasteiger partial charge in [0.05, 0.1) is 26.4 Å². The average molecular weight is 374 g/mol. The van der Waals surface area contributed by atoms with Crippen LogP contribution in [0.5, 0.6) is 11.5 Å². The van der Waals surface area contributed by atoms with Crippen LogP contribution < -0.4 is 14.9 Å². The first kappa shape index (κ1) is 19.2. The van der Waals surface area contributed by atoms with Crippen molar-refractivity contribution >= 4 is 12.1 Å². The predicted octanol–water partition coefficient (Wildman–Crippen LogP) is 3.99. The van der Waals surface area contributed by atoms with Crippen molar-refractivity contribution in [2.45, 2.75) is 5.92 Å². The summed E-state index contributed by atoms with van der Waals surface area (Å²) in [4.78, 5) is 12.9. The largest absolute Gasteiger partial charge is 0.493 e. The van der Waals surface area contributed by atoms with Crippen LogP contribution in [0.15, 0.2) is 84.0 Å². The first-order valence-electron chi connectivity index (χ1n) is 8.87. The molecular formula is C23H22N2O3. The number of ether oxygens (including phenoxy) is 2. The molecule has 0 spiro atoms. The number of carbonyl (C=O) groups is 1. The maximum absolute atomic E-state index is 12.9. The number of nitrogens with zero attached hydrogens (tertiary/aromatic N) is 1. The van der Waals surface area contributed by atoms with Gasteiger partial charge in [0, 0.05) is 0 Å². The molecule has 1 amide bonds. The van der Waals surface area contributed by atoms with Gasteiger partial charge in [-0.2, -0.15) is 5.10 Å². The van der Waals surface area contributed by atoms with Crippen LogP contribution in [0.2, 0.25) is 0 Å². The van der Waals surface area contributed by atoms with Gasteiger partial charge < -0.3 is 9.47 Å². The first-order valence-corrected chi connectivity index (χ1v) is 8.87. The van der Waals surface area contributed by atoms with E-state index < -0.39 is 5.92 Å². The number of amides is 1. The fraction of sp³-hybridized carbons (Fsp3) is 0.130. The third-order valence-electron chi connectivity index (χ3n) is 4.32. The molecule has 3 rings (SSSR count). The smallest absolute Gasteiger partial charge is 0.252 e. The van der Waals surface area contributed by atoms with Crippen LogP contribution in [-0.4, -0.2) is 26.3 Å². The van der Waals surface area contributed by atoms with Crippen LogP contribution in [0.3, 0.4) is 0 Å². The van der Waals surface area contributed by atoms with Crippen LogP contribution in [0.4, 0.5) is 0 Å². The van der Waals surface area contributed by atoms with E-state index in [4.69, 9.17) is 9.47 Å². The van der Waals surface area contributed by atoms with Crippen molar-refractivity contribution in [1.29, 1.82) is 0 Å². The SMILES string of the molecule is COc1ccc(C=NNC(=O)C(c2ccccc2)c2ccccc2)cc1OC. The second kappa shape index (κ2) is 9.37. The van der Waals surface area contributed by atoms with Gasteiger partial charge in [-0.3, -0.25) is 4.79 Å². The maximum Gasteiger partial charge on any atom is 0.252 e. The second-order valence-electron chi connectivity index (χ2n) is 6.10. The molecule has 0 aliphatic heterocycles. The minimum absolute atomic E-state index is 0.200. The highest BCUT2D eigenvalue weighted by molar-refractivity contribution is 5.88. The van der Waals surface area contributed by atoms with Crippen molar-refractivity contribution in [2.24, 2.45) is 5.10 Å². The Balaban J connectivity index is 1.78. The second-order valence-corrected chi connectivity index (χ2v) is 6.10. The Morgan fingerprint density at radius 2 is 1.43 bits per heavy atom. The molecule has 0 atom stereocenters. The van der Waals surface area contributed by atoms with Crippen molar-refractivity contribution in [2.75, 3.05) is 14.2 Å². The summed E-state index contributed by atoms with van der Waals surface area (Å²) in [5.74, 6) is 0.597. The minimum Gasteiger partial charge on any atom is -0.493 e. The molecule has 142 valence electrons. The van der Waals surface area contributed by atoms with E-state index in [0.29, 0.717) is 11.5 Å². The Hall–Kier alpha value is -3.60. The lowest BCUT2D eigenvalue weighted by Gasteiger charge is -2.16. The Labute approximate surface area is 164 Å². The van der Waals surface area contributed by atoms with Crippen molar-refractivity contribution in [3.8, 4) is 11.5 Å². The summed E-state index contributed by atoms with van der Waals surface area (Å²) >= 11 is 0. The molecule has 0 bridgehead atoms. The van der Waals surface area contributed by atoms with E-state index in [1.807, 2.05) is 66.7 Å². The van der Waals surface area contributed by atoms with E-state index in [9.17, 15) is 4.79 Å². The molecule has 28 heavy (non-hydrogen) atoms. The molecule has 0 aliphatic rings. The third-order valence-corrected chi connectivity index (χ3v) is 4.32. The van der Waals surface area contributed by atoms with E-state index in [0.717, 1.165) is 16.7 Å². The quantitative estimate of drug-likeness (QED) is 0.503. The standard InChI is InChI=1S/C23H22N2O3/c1-27-20-14-13-17(15-21(20)28-2)16-24-25-23(26)22(18-9-5-3-6-10-18)19-11-7-4-8-12-19/h3-16,22H,1-2H3,(H,25,26). The van der Waals surface area contributed by atoms with Gasteiger partial charge in [0.15, 0.2) is 11.5 Å². The van der Waals surface area contributed by atoms with E-state index >= 15 is 0 Å². The summed E-state index contributed by atoms with van der Waals surface area (Å²) in [6.45, 7) is 0. The normalized spacial score (nSPS) is 10.8. The van der Waals surface area contributed by atoms with Gasteiger partial charge in [0.2, 0.25) is 0 Å². The third kappa shape index (κ3) is 4.57. The lowest BCUT2D eigenvalue weighted by Crippen LogP contribution is -2.26. The lowest BCUT2D eigenvalue weighted by atomic mass is 9.91. The van der Waals surface area contributed by atoms with Gasteiger partial charge >= 0.3 is 0 Å². The fourth-order valence-corrected chi connectivity index (χ4v) is 2.95. The summed E-state index contributed by atoms with van der Waals surface area (Å²) in [6, 6.07) is 24.7. The van der Waals surface area contributed by atoms with Gasteiger partial charge in [-0.25, -0.2) is 5.43 Å². The molecule has 0 saturated carbocycles. The molecule has 0 saturated heterocycles. The molecule has 5 nitrogen and oxygen atoms in total. The van der Waals surface area contributed by atoms with Crippen LogP contribution >= 0.6 is 0 Å². The van der Waals surface area contributed by atoms with Crippen LogP contribution in [0.25, 0.3) is 0 Å². The Morgan fingerprint density at radius 1 is 0.857 bits per heavy atom. The molecule has 0 heterocycles. The Bertz CT molecular complexity index is 901. The number of rotatable bonds is 7. The van der Waals surface area contributed by atoms with Crippen molar-refractivity contribution < 1.29 is 14.3 Å².